The van der Waals surface area contributed by atoms with E-state index in [-0.39, 0.29) is 16.4 Å². The van der Waals surface area contributed by atoms with Crippen LogP contribution in [0, 0.1) is 11.3 Å². The first-order valence-electron chi connectivity index (χ1n) is 5.64. The maximum absolute atomic E-state index is 9.34. The number of nitriles is 1. The molecule has 1 atom stereocenters. The highest BCUT2D eigenvalue weighted by Gasteiger charge is 2.27. The minimum Gasteiger partial charge on any atom is -0.254 e. The lowest BCUT2D eigenvalue weighted by molar-refractivity contribution is 0.610. The zero-order chi connectivity index (χ0) is 14.1. The molecule has 6 nitrogen and oxygen atoms in total. The molecule has 98 valence electrons. The molecule has 0 radical (unpaired) electrons. The van der Waals surface area contributed by atoms with Crippen molar-refractivity contribution in [3.63, 3.8) is 0 Å². The van der Waals surface area contributed by atoms with E-state index in [1.54, 1.807) is 0 Å². The molecule has 1 aromatic carbocycles. The number of benzene rings is 1. The Labute approximate surface area is 123 Å². The van der Waals surface area contributed by atoms with E-state index < -0.39 is 12.1 Å². The van der Waals surface area contributed by atoms with Gasteiger partial charge in [0.05, 0.1) is 16.8 Å². The average Bonchev–Trinajstić information content (AvgIpc) is 2.81. The number of rotatable bonds is 2. The molecule has 8 heteroatoms. The van der Waals surface area contributed by atoms with E-state index in [0.717, 1.165) is 10.7 Å². The molecule has 1 aliphatic heterocycles. The van der Waals surface area contributed by atoms with E-state index in [1.807, 2.05) is 24.3 Å². The van der Waals surface area contributed by atoms with Crippen LogP contribution >= 0.6 is 23.2 Å². The lowest BCUT2D eigenvalue weighted by Crippen LogP contribution is -2.19. The molecule has 0 fully saturated rings. The first-order chi connectivity index (χ1) is 9.67. The highest BCUT2D eigenvalue weighted by atomic mass is 35.5. The number of hydrogen-bond acceptors (Lipinski definition) is 6. The second-order valence-electron chi connectivity index (χ2n) is 4.00. The molecule has 0 saturated carbocycles. The normalized spacial score (nSPS) is 14.8. The predicted molar refractivity (Wildman–Crippen MR) is 70.7 cm³/mol. The Morgan fingerprint density at radius 3 is 2.05 bits per heavy atom. The van der Waals surface area contributed by atoms with Crippen LogP contribution in [0.1, 0.15) is 11.7 Å². The molecule has 1 aliphatic rings. The summed E-state index contributed by atoms with van der Waals surface area (Å²) in [5, 5.41) is 10.7. The average molecular weight is 305 g/mol. The van der Waals surface area contributed by atoms with Crippen LogP contribution in [0.15, 0.2) is 34.3 Å². The number of hydrogen-bond donors (Lipinski definition) is 0. The highest BCUT2D eigenvalue weighted by Crippen LogP contribution is 2.21. The molecule has 20 heavy (non-hydrogen) atoms. The van der Waals surface area contributed by atoms with Gasteiger partial charge in [-0.2, -0.15) is 10.2 Å². The summed E-state index contributed by atoms with van der Waals surface area (Å²) in [5.74, 6) is -0.594. The largest absolute Gasteiger partial charge is 0.254 e. The molecule has 3 rings (SSSR count). The maximum atomic E-state index is 9.34. The Kier molecular flexibility index (Phi) is 3.30. The summed E-state index contributed by atoms with van der Waals surface area (Å²) in [5.41, 5.74) is 0. The fraction of sp³-hybridized carbons (Fsp3) is 0.167. The second kappa shape index (κ2) is 5.12. The summed E-state index contributed by atoms with van der Waals surface area (Å²) in [6.45, 7) is 0. The van der Waals surface area contributed by atoms with Crippen molar-refractivity contribution in [3.05, 3.63) is 51.4 Å². The maximum Gasteiger partial charge on any atom is 0.226 e. The van der Waals surface area contributed by atoms with Crippen molar-refractivity contribution in [3.8, 4) is 6.07 Å². The van der Waals surface area contributed by atoms with Crippen LogP contribution in [0.4, 0.5) is 0 Å². The molecule has 2 heterocycles. The van der Waals surface area contributed by atoms with Crippen LogP contribution in [0.2, 0.25) is 10.6 Å². The lowest BCUT2D eigenvalue weighted by atomic mass is 10.1. The van der Waals surface area contributed by atoms with E-state index in [2.05, 4.69) is 31.0 Å². The molecule has 0 saturated heterocycles. The van der Waals surface area contributed by atoms with Crippen LogP contribution in [0.5, 0.6) is 0 Å². The number of para-hydroxylation sites is 2. The predicted octanol–water partition coefficient (Wildman–Crippen LogP) is 1.06. The molecule has 0 aliphatic carbocycles. The van der Waals surface area contributed by atoms with Crippen molar-refractivity contribution in [1.82, 2.24) is 15.0 Å². The summed E-state index contributed by atoms with van der Waals surface area (Å²) >= 11 is 11.5. The Balaban J connectivity index is 2.05. The van der Waals surface area contributed by atoms with Crippen molar-refractivity contribution in [2.24, 2.45) is 9.98 Å². The van der Waals surface area contributed by atoms with Crippen molar-refractivity contribution < 1.29 is 0 Å². The van der Waals surface area contributed by atoms with Gasteiger partial charge in [-0.3, -0.25) is 9.98 Å². The van der Waals surface area contributed by atoms with Gasteiger partial charge in [0, 0.05) is 0 Å². The third-order valence-corrected chi connectivity index (χ3v) is 3.08. The van der Waals surface area contributed by atoms with Gasteiger partial charge in [-0.15, -0.1) is 0 Å². The van der Waals surface area contributed by atoms with Gasteiger partial charge in [-0.25, -0.2) is 9.97 Å². The molecule has 0 bridgehead atoms. The highest BCUT2D eigenvalue weighted by molar-refractivity contribution is 6.31. The summed E-state index contributed by atoms with van der Waals surface area (Å²) in [4.78, 5) is 20.3. The first-order valence-corrected chi connectivity index (χ1v) is 6.40. The summed E-state index contributed by atoms with van der Waals surface area (Å²) in [6, 6.07) is 9.48. The zero-order valence-electron chi connectivity index (χ0n) is 9.90. The molecular formula is C12H6Cl2N6. The third-order valence-electron chi connectivity index (χ3n) is 2.74. The van der Waals surface area contributed by atoms with Crippen LogP contribution in [-0.4, -0.2) is 21.1 Å². The quantitative estimate of drug-likeness (QED) is 0.830. The van der Waals surface area contributed by atoms with Gasteiger partial charge in [-0.05, 0) is 35.3 Å². The lowest BCUT2D eigenvalue weighted by Gasteiger charge is -2.10. The van der Waals surface area contributed by atoms with Crippen LogP contribution in [0.25, 0.3) is 0 Å². The summed E-state index contributed by atoms with van der Waals surface area (Å²) in [6.07, 6.45) is -0.605. The SMILES string of the molecule is N#CC(c1nc(Cl)nc(Cl)n1)C1N=c2ccccc2=N1. The van der Waals surface area contributed by atoms with E-state index >= 15 is 0 Å². The fourth-order valence-corrected chi connectivity index (χ4v) is 2.26. The minimum absolute atomic E-state index is 0.0595. The zero-order valence-corrected chi connectivity index (χ0v) is 11.4. The summed E-state index contributed by atoms with van der Waals surface area (Å²) < 4.78 is 0. The molecular weight excluding hydrogens is 299 g/mol. The Morgan fingerprint density at radius 2 is 1.55 bits per heavy atom. The monoisotopic (exact) mass is 304 g/mol. The van der Waals surface area contributed by atoms with Crippen molar-refractivity contribution in [1.29, 1.82) is 5.26 Å². The smallest absolute Gasteiger partial charge is 0.226 e. The van der Waals surface area contributed by atoms with Gasteiger partial charge in [0.25, 0.3) is 0 Å². The number of fused-ring (bicyclic) bond motifs is 1. The van der Waals surface area contributed by atoms with Gasteiger partial charge in [0.2, 0.25) is 10.6 Å². The number of halogens is 2. The molecule has 2 aromatic rings. The first kappa shape index (κ1) is 12.9. The molecule has 0 amide bonds. The fourth-order valence-electron chi connectivity index (χ4n) is 1.88. The molecule has 1 aromatic heterocycles. The molecule has 0 N–H and O–H groups in total. The van der Waals surface area contributed by atoms with E-state index in [9.17, 15) is 5.26 Å². The van der Waals surface area contributed by atoms with Crippen molar-refractivity contribution in [2.75, 3.05) is 0 Å². The minimum atomic E-state index is -0.764. The van der Waals surface area contributed by atoms with E-state index in [4.69, 9.17) is 23.2 Å². The summed E-state index contributed by atoms with van der Waals surface area (Å²) in [7, 11) is 0. The molecule has 0 spiro atoms. The second-order valence-corrected chi connectivity index (χ2v) is 4.68. The van der Waals surface area contributed by atoms with E-state index in [0.29, 0.717) is 0 Å². The Hall–Kier alpha value is -2.10. The standard InChI is InChI=1S/C12H6Cl2N6/c13-11-18-10(19-12(14)20-11)6(5-15)9-16-7-3-1-2-4-8(7)17-9/h1-4,6,9H. The van der Waals surface area contributed by atoms with Crippen molar-refractivity contribution >= 4 is 23.2 Å². The van der Waals surface area contributed by atoms with Gasteiger partial charge >= 0.3 is 0 Å². The van der Waals surface area contributed by atoms with Gasteiger partial charge in [-0.1, -0.05) is 12.1 Å². The van der Waals surface area contributed by atoms with Gasteiger partial charge < -0.3 is 0 Å². The van der Waals surface area contributed by atoms with Crippen molar-refractivity contribution in [2.45, 2.75) is 12.1 Å². The molecule has 1 unspecified atom stereocenters. The third kappa shape index (κ3) is 2.33. The topological polar surface area (TPSA) is 87.2 Å². The van der Waals surface area contributed by atoms with Crippen LogP contribution < -0.4 is 10.7 Å². The number of aromatic nitrogens is 3. The van der Waals surface area contributed by atoms with Gasteiger partial charge in [0.1, 0.15) is 5.92 Å². The Bertz CT molecular complexity index is 773. The van der Waals surface area contributed by atoms with Crippen LogP contribution in [0.3, 0.4) is 0 Å². The van der Waals surface area contributed by atoms with Gasteiger partial charge in [0.15, 0.2) is 12.0 Å². The number of nitrogens with zero attached hydrogens (tertiary/aromatic N) is 6. The van der Waals surface area contributed by atoms with Crippen LogP contribution in [-0.2, 0) is 0 Å². The van der Waals surface area contributed by atoms with E-state index in [1.165, 1.54) is 0 Å². The Morgan fingerprint density at radius 1 is 1.00 bits per heavy atom.